The first-order valence-electron chi connectivity index (χ1n) is 7.76. The summed E-state index contributed by atoms with van der Waals surface area (Å²) in [6.07, 6.45) is 0. The maximum Gasteiger partial charge on any atom is 0.267 e. The number of rotatable bonds is 5. The lowest BCUT2D eigenvalue weighted by Gasteiger charge is -2.12. The van der Waals surface area contributed by atoms with Crippen molar-refractivity contribution < 1.29 is 9.47 Å². The van der Waals surface area contributed by atoms with Gasteiger partial charge in [-0.05, 0) is 42.0 Å². The van der Waals surface area contributed by atoms with Crippen molar-refractivity contribution in [3.8, 4) is 22.8 Å². The van der Waals surface area contributed by atoms with Crippen LogP contribution >= 0.6 is 23.2 Å². The highest BCUT2D eigenvalue weighted by molar-refractivity contribution is 6.42. The molecule has 0 fully saturated rings. The Morgan fingerprint density at radius 2 is 1.77 bits per heavy atom. The Bertz CT molecular complexity index is 1000. The molecular weight excluding hydrogens is 375 g/mol. The third-order valence-electron chi connectivity index (χ3n) is 3.87. The van der Waals surface area contributed by atoms with Crippen LogP contribution in [-0.4, -0.2) is 24.0 Å². The van der Waals surface area contributed by atoms with Crippen molar-refractivity contribution in [3.63, 3.8) is 0 Å². The zero-order chi connectivity index (χ0) is 18.7. The van der Waals surface area contributed by atoms with E-state index in [0.29, 0.717) is 27.2 Å². The summed E-state index contributed by atoms with van der Waals surface area (Å²) < 4.78 is 12.0. The van der Waals surface area contributed by atoms with Crippen LogP contribution in [0.25, 0.3) is 11.3 Å². The first kappa shape index (κ1) is 18.3. The average Bonchev–Trinajstić information content (AvgIpc) is 2.66. The first-order chi connectivity index (χ1) is 12.5. The minimum atomic E-state index is -0.221. The molecule has 1 aromatic heterocycles. The van der Waals surface area contributed by atoms with Crippen molar-refractivity contribution in [1.82, 2.24) is 9.78 Å². The lowest BCUT2D eigenvalue weighted by molar-refractivity contribution is 0.404. The molecular formula is C19H16Cl2N2O3. The van der Waals surface area contributed by atoms with Gasteiger partial charge in [-0.2, -0.15) is 5.10 Å². The molecule has 0 N–H and O–H groups in total. The van der Waals surface area contributed by atoms with Crippen molar-refractivity contribution in [3.05, 3.63) is 74.5 Å². The molecule has 0 radical (unpaired) electrons. The fourth-order valence-corrected chi connectivity index (χ4v) is 2.85. The van der Waals surface area contributed by atoms with E-state index in [1.165, 1.54) is 10.7 Å². The quantitative estimate of drug-likeness (QED) is 0.652. The molecule has 5 nitrogen and oxygen atoms in total. The lowest BCUT2D eigenvalue weighted by Crippen LogP contribution is -2.22. The molecule has 2 aromatic carbocycles. The Morgan fingerprint density at radius 1 is 0.962 bits per heavy atom. The summed E-state index contributed by atoms with van der Waals surface area (Å²) in [7, 11) is 3.17. The topological polar surface area (TPSA) is 53.4 Å². The third-order valence-corrected chi connectivity index (χ3v) is 4.60. The monoisotopic (exact) mass is 390 g/mol. The summed E-state index contributed by atoms with van der Waals surface area (Å²) >= 11 is 12.0. The molecule has 0 bridgehead atoms. The molecule has 0 aliphatic heterocycles. The molecule has 0 aliphatic rings. The van der Waals surface area contributed by atoms with Crippen LogP contribution in [0.3, 0.4) is 0 Å². The van der Waals surface area contributed by atoms with Crippen LogP contribution in [0.5, 0.6) is 11.5 Å². The van der Waals surface area contributed by atoms with Gasteiger partial charge in [0.2, 0.25) is 0 Å². The zero-order valence-corrected chi connectivity index (χ0v) is 15.7. The van der Waals surface area contributed by atoms with Gasteiger partial charge in [0.15, 0.2) is 0 Å². The van der Waals surface area contributed by atoms with E-state index in [4.69, 9.17) is 32.7 Å². The molecule has 3 aromatic rings. The van der Waals surface area contributed by atoms with E-state index < -0.39 is 0 Å². The number of hydrogen-bond donors (Lipinski definition) is 0. The highest BCUT2D eigenvalue weighted by atomic mass is 35.5. The molecule has 0 unspecified atom stereocenters. The Labute approximate surface area is 160 Å². The molecule has 0 aliphatic carbocycles. The predicted octanol–water partition coefficient (Wildman–Crippen LogP) is 4.28. The maximum absolute atomic E-state index is 12.2. The Balaban J connectivity index is 2.03. The fourth-order valence-electron chi connectivity index (χ4n) is 2.53. The van der Waals surface area contributed by atoms with E-state index in [0.717, 1.165) is 11.1 Å². The van der Waals surface area contributed by atoms with Gasteiger partial charge < -0.3 is 9.47 Å². The van der Waals surface area contributed by atoms with Crippen LogP contribution in [0.1, 0.15) is 5.56 Å². The Kier molecular flexibility index (Phi) is 5.49. The molecule has 0 spiro atoms. The molecule has 0 amide bonds. The fraction of sp³-hybridized carbons (Fsp3) is 0.158. The summed E-state index contributed by atoms with van der Waals surface area (Å²) in [4.78, 5) is 12.2. The molecule has 1 heterocycles. The minimum absolute atomic E-state index is 0.221. The molecule has 0 saturated heterocycles. The van der Waals surface area contributed by atoms with E-state index in [2.05, 4.69) is 5.10 Å². The lowest BCUT2D eigenvalue weighted by atomic mass is 10.1. The second-order valence-electron chi connectivity index (χ2n) is 5.53. The van der Waals surface area contributed by atoms with Crippen molar-refractivity contribution in [1.29, 1.82) is 0 Å². The summed E-state index contributed by atoms with van der Waals surface area (Å²) in [5.74, 6) is 1.31. The van der Waals surface area contributed by atoms with Crippen LogP contribution in [0.15, 0.2) is 53.3 Å². The standard InChI is InChI=1S/C19H16Cl2N2O3/c1-25-13-4-7-18(26-2)14(10-13)17-6-8-19(24)23(22-17)11-12-3-5-15(20)16(21)9-12/h3-10H,11H2,1-2H3. The van der Waals surface area contributed by atoms with Crippen molar-refractivity contribution >= 4 is 23.2 Å². The second kappa shape index (κ2) is 7.81. The number of halogens is 2. The summed E-state index contributed by atoms with van der Waals surface area (Å²) in [6.45, 7) is 0.274. The SMILES string of the molecule is COc1ccc(OC)c(-c2ccc(=O)n(Cc3ccc(Cl)c(Cl)c3)n2)c1. The molecule has 7 heteroatoms. The summed E-state index contributed by atoms with van der Waals surface area (Å²) in [5, 5.41) is 5.36. The molecule has 134 valence electrons. The largest absolute Gasteiger partial charge is 0.497 e. The van der Waals surface area contributed by atoms with Crippen LogP contribution in [0.4, 0.5) is 0 Å². The van der Waals surface area contributed by atoms with Crippen LogP contribution in [0.2, 0.25) is 10.0 Å². The predicted molar refractivity (Wildman–Crippen MR) is 103 cm³/mol. The summed E-state index contributed by atoms with van der Waals surface area (Å²) in [5.41, 5.74) is 1.93. The Morgan fingerprint density at radius 3 is 2.46 bits per heavy atom. The first-order valence-corrected chi connectivity index (χ1v) is 8.52. The van der Waals surface area contributed by atoms with Gasteiger partial charge in [0.1, 0.15) is 11.5 Å². The molecule has 3 rings (SSSR count). The zero-order valence-electron chi connectivity index (χ0n) is 14.2. The maximum atomic E-state index is 12.2. The van der Waals surface area contributed by atoms with E-state index in [9.17, 15) is 4.79 Å². The van der Waals surface area contributed by atoms with Crippen molar-refractivity contribution in [2.24, 2.45) is 0 Å². The molecule has 0 saturated carbocycles. The number of hydrogen-bond acceptors (Lipinski definition) is 4. The minimum Gasteiger partial charge on any atom is -0.497 e. The van der Waals surface area contributed by atoms with Crippen molar-refractivity contribution in [2.75, 3.05) is 14.2 Å². The highest BCUT2D eigenvalue weighted by Crippen LogP contribution is 2.31. The van der Waals surface area contributed by atoms with Crippen molar-refractivity contribution in [2.45, 2.75) is 6.54 Å². The second-order valence-corrected chi connectivity index (χ2v) is 6.34. The smallest absolute Gasteiger partial charge is 0.267 e. The number of ether oxygens (including phenoxy) is 2. The van der Waals surface area contributed by atoms with Crippen LogP contribution in [-0.2, 0) is 6.54 Å². The van der Waals surface area contributed by atoms with Gasteiger partial charge in [-0.15, -0.1) is 0 Å². The van der Waals surface area contributed by atoms with E-state index in [1.54, 1.807) is 50.6 Å². The van der Waals surface area contributed by atoms with Crippen LogP contribution < -0.4 is 15.0 Å². The van der Waals surface area contributed by atoms with Gasteiger partial charge in [-0.3, -0.25) is 4.79 Å². The molecule has 26 heavy (non-hydrogen) atoms. The number of benzene rings is 2. The number of methoxy groups -OCH3 is 2. The Hall–Kier alpha value is -2.50. The third kappa shape index (κ3) is 3.84. The van der Waals surface area contributed by atoms with E-state index >= 15 is 0 Å². The number of aromatic nitrogens is 2. The van der Waals surface area contributed by atoms with E-state index in [-0.39, 0.29) is 12.1 Å². The van der Waals surface area contributed by atoms with Gasteiger partial charge in [-0.25, -0.2) is 4.68 Å². The van der Waals surface area contributed by atoms with Gasteiger partial charge in [-0.1, -0.05) is 29.3 Å². The normalized spacial score (nSPS) is 10.6. The van der Waals surface area contributed by atoms with Gasteiger partial charge in [0, 0.05) is 11.6 Å². The van der Waals surface area contributed by atoms with Gasteiger partial charge in [0.05, 0.1) is 36.5 Å². The highest BCUT2D eigenvalue weighted by Gasteiger charge is 2.11. The van der Waals surface area contributed by atoms with E-state index in [1.807, 2.05) is 6.07 Å². The van der Waals surface area contributed by atoms with Gasteiger partial charge in [0.25, 0.3) is 5.56 Å². The molecule has 0 atom stereocenters. The summed E-state index contributed by atoms with van der Waals surface area (Å²) in [6, 6.07) is 13.8. The average molecular weight is 391 g/mol. The van der Waals surface area contributed by atoms with Crippen LogP contribution in [0, 0.1) is 0 Å². The van der Waals surface area contributed by atoms with Gasteiger partial charge >= 0.3 is 0 Å². The number of nitrogens with zero attached hydrogens (tertiary/aromatic N) is 2.